The zero-order valence-corrected chi connectivity index (χ0v) is 34.3. The molecule has 0 radical (unpaired) electrons. The Morgan fingerprint density at radius 2 is 1.42 bits per heavy atom. The fourth-order valence-electron chi connectivity index (χ4n) is 6.62. The van der Waals surface area contributed by atoms with E-state index in [1.54, 1.807) is 6.20 Å². The number of carbonyl (C=O) groups is 7. The Morgan fingerprint density at radius 1 is 0.750 bits per heavy atom. The molecule has 1 aromatic heterocycles. The average molecular weight is 835 g/mol. The minimum Gasteiger partial charge on any atom is -0.370 e. The Balaban J connectivity index is 1.69. The second-order valence-corrected chi connectivity index (χ2v) is 14.9. The maximum atomic E-state index is 14.0. The number of guanidine groups is 1. The first-order chi connectivity index (χ1) is 28.7. The number of nitrogens with two attached hydrogens (primary N) is 5. The van der Waals surface area contributed by atoms with Crippen molar-refractivity contribution in [2.45, 2.75) is 121 Å². The lowest BCUT2D eigenvalue weighted by Crippen LogP contribution is -2.58. The van der Waals surface area contributed by atoms with Crippen molar-refractivity contribution < 1.29 is 33.6 Å². The van der Waals surface area contributed by atoms with Crippen LogP contribution in [0.4, 0.5) is 0 Å². The van der Waals surface area contributed by atoms with Crippen molar-refractivity contribution in [3.05, 3.63) is 65.0 Å². The summed E-state index contributed by atoms with van der Waals surface area (Å²) < 4.78 is 0. The van der Waals surface area contributed by atoms with Crippen LogP contribution in [0.2, 0.25) is 0 Å². The number of benzene rings is 1. The van der Waals surface area contributed by atoms with Gasteiger partial charge in [-0.25, -0.2) is 0 Å². The van der Waals surface area contributed by atoms with E-state index in [9.17, 15) is 33.6 Å². The quantitative estimate of drug-likeness (QED) is 0.0294. The molecule has 3 rings (SSSR count). The second kappa shape index (κ2) is 25.3. The van der Waals surface area contributed by atoms with E-state index in [1.807, 2.05) is 49.4 Å². The van der Waals surface area contributed by atoms with Gasteiger partial charge in [0.2, 0.25) is 41.4 Å². The average Bonchev–Trinajstić information content (AvgIpc) is 3.62. The number of fused-ring (bicyclic) bond motifs is 1. The molecule has 0 fully saturated rings. The summed E-state index contributed by atoms with van der Waals surface area (Å²) in [6.07, 6.45) is 10.1. The molecule has 5 atom stereocenters. The Hall–Kier alpha value is -6.24. The first kappa shape index (κ1) is 48.1. The van der Waals surface area contributed by atoms with E-state index >= 15 is 0 Å². The van der Waals surface area contributed by atoms with E-state index < -0.39 is 65.7 Å². The highest BCUT2D eigenvalue weighted by Crippen LogP contribution is 2.23. The van der Waals surface area contributed by atoms with E-state index in [4.69, 9.17) is 28.7 Å². The molecular weight excluding hydrogens is 773 g/mol. The third kappa shape index (κ3) is 16.9. The fourth-order valence-corrected chi connectivity index (χ4v) is 6.62. The third-order valence-corrected chi connectivity index (χ3v) is 9.96. The van der Waals surface area contributed by atoms with E-state index in [0.29, 0.717) is 32.1 Å². The van der Waals surface area contributed by atoms with Crippen LogP contribution in [0.3, 0.4) is 0 Å². The second-order valence-electron chi connectivity index (χ2n) is 14.9. The highest BCUT2D eigenvalue weighted by molar-refractivity contribution is 5.95. The molecule has 1 heterocycles. The molecule has 0 aliphatic heterocycles. The lowest BCUT2D eigenvalue weighted by atomic mass is 9.95. The first-order valence-corrected chi connectivity index (χ1v) is 20.4. The lowest BCUT2D eigenvalue weighted by molar-refractivity contribution is -0.133. The molecule has 60 heavy (non-hydrogen) atoms. The molecule has 0 saturated carbocycles. The number of allylic oxidation sites excluding steroid dienone is 1. The van der Waals surface area contributed by atoms with Crippen LogP contribution in [0.1, 0.15) is 93.5 Å². The van der Waals surface area contributed by atoms with Crippen molar-refractivity contribution >= 4 is 53.4 Å². The van der Waals surface area contributed by atoms with Gasteiger partial charge in [-0.3, -0.25) is 38.6 Å². The predicted octanol–water partition coefficient (Wildman–Crippen LogP) is -1.08. The summed E-state index contributed by atoms with van der Waals surface area (Å²) >= 11 is 0. The number of unbranched alkanes of at least 4 members (excludes halogenated alkanes) is 2. The smallest absolute Gasteiger partial charge is 0.243 e. The summed E-state index contributed by atoms with van der Waals surface area (Å²) in [5, 5.41) is 13.4. The van der Waals surface area contributed by atoms with Crippen molar-refractivity contribution in [3.8, 4) is 0 Å². The van der Waals surface area contributed by atoms with Gasteiger partial charge in [-0.1, -0.05) is 49.8 Å². The number of aromatic amines is 1. The molecular formula is C41H62N12O7. The van der Waals surface area contributed by atoms with Gasteiger partial charge in [0.25, 0.3) is 0 Å². The number of aromatic nitrogens is 1. The molecule has 16 N–H and O–H groups in total. The van der Waals surface area contributed by atoms with Crippen LogP contribution in [0, 0.1) is 0 Å². The summed E-state index contributed by atoms with van der Waals surface area (Å²) in [7, 11) is 0. The largest absolute Gasteiger partial charge is 0.370 e. The maximum Gasteiger partial charge on any atom is 0.243 e. The first-order valence-electron chi connectivity index (χ1n) is 20.4. The van der Waals surface area contributed by atoms with Crippen LogP contribution < -0.4 is 55.3 Å². The third-order valence-electron chi connectivity index (χ3n) is 9.96. The molecule has 1 aromatic carbocycles. The van der Waals surface area contributed by atoms with Gasteiger partial charge in [-0.05, 0) is 80.6 Å². The van der Waals surface area contributed by atoms with E-state index in [1.165, 1.54) is 0 Å². The zero-order valence-electron chi connectivity index (χ0n) is 34.3. The number of rotatable bonds is 27. The lowest BCUT2D eigenvalue weighted by Gasteiger charge is -2.26. The van der Waals surface area contributed by atoms with Gasteiger partial charge in [0.1, 0.15) is 24.2 Å². The molecule has 19 nitrogen and oxygen atoms in total. The SMILES string of the molecule is CCCCC(=O)NC(CC(=O)NCCCC[C@H](NC(=O)C(Cc1c[nH]c2c1CCC=C2)NC(=O)[C@H](CCCN=C(N)N)NC(=O)C(N)Cc1ccccc1)C(N)=O)C(N)=O. The molecule has 7 amide bonds. The van der Waals surface area contributed by atoms with Gasteiger partial charge in [-0.15, -0.1) is 0 Å². The molecule has 1 aliphatic carbocycles. The number of carbonyl (C=O) groups excluding carboxylic acids is 7. The Morgan fingerprint density at radius 3 is 2.10 bits per heavy atom. The minimum atomic E-state index is -1.19. The Labute approximate surface area is 350 Å². The van der Waals surface area contributed by atoms with E-state index in [-0.39, 0.29) is 63.5 Å². The fraction of sp³-hybridized carbons (Fsp3) is 0.512. The summed E-state index contributed by atoms with van der Waals surface area (Å²) in [6.45, 7) is 2.27. The molecule has 0 saturated heterocycles. The van der Waals surface area contributed by atoms with Gasteiger partial charge in [0, 0.05) is 37.8 Å². The number of nitrogens with zero attached hydrogens (tertiary/aromatic N) is 1. The zero-order chi connectivity index (χ0) is 44.0. The number of hydrogen-bond donors (Lipinski definition) is 11. The number of H-pyrrole nitrogens is 1. The Bertz CT molecular complexity index is 1830. The highest BCUT2D eigenvalue weighted by Gasteiger charge is 2.31. The standard InChI is InChI=1S/C41H62N12O7/c1-2-3-18-34(54)50-32(37(44)57)23-35(55)47-19-10-9-16-30(36(43)56)51-40(60)33(22-26-24-49-29-15-8-7-14-27(26)29)53-39(59)31(17-11-20-48-41(45)46)52-38(58)28(42)21-25-12-5-4-6-13-25/h4-6,8,12-13,15,24,28,30-33,49H,2-3,7,9-11,14,16-23,42H2,1H3,(H2,43,56)(H2,44,57)(H,47,55)(H,50,54)(H,51,60)(H,52,58)(H,53,59)(H4,45,46,48)/t28?,30-,31-,32?,33?/m0/s1. The predicted molar refractivity (Wildman–Crippen MR) is 227 cm³/mol. The normalized spacial score (nSPS) is 14.2. The number of amides is 7. The van der Waals surface area contributed by atoms with Crippen molar-refractivity contribution in [1.82, 2.24) is 31.6 Å². The molecule has 0 spiro atoms. The van der Waals surface area contributed by atoms with Gasteiger partial charge in [-0.2, -0.15) is 0 Å². The monoisotopic (exact) mass is 834 g/mol. The highest BCUT2D eigenvalue weighted by atomic mass is 16.2. The van der Waals surface area contributed by atoms with Gasteiger partial charge in [0.05, 0.1) is 12.5 Å². The van der Waals surface area contributed by atoms with E-state index in [0.717, 1.165) is 35.2 Å². The summed E-state index contributed by atoms with van der Waals surface area (Å²) in [4.78, 5) is 97.5. The molecule has 328 valence electrons. The van der Waals surface area contributed by atoms with E-state index in [2.05, 4.69) is 36.6 Å². The number of aliphatic imine (C=N–C) groups is 1. The summed E-state index contributed by atoms with van der Waals surface area (Å²) in [5.74, 6) is -4.53. The van der Waals surface area contributed by atoms with Gasteiger partial charge < -0.3 is 60.2 Å². The number of hydrogen-bond acceptors (Lipinski definition) is 9. The topological polar surface area (TPSA) is 338 Å². The van der Waals surface area contributed by atoms with Gasteiger partial charge in [0.15, 0.2) is 5.96 Å². The summed E-state index contributed by atoms with van der Waals surface area (Å²) in [5.41, 5.74) is 31.8. The Kier molecular flexibility index (Phi) is 20.3. The number of primary amides is 2. The molecule has 0 bridgehead atoms. The number of nitrogens with one attached hydrogen (secondary N) is 6. The molecule has 2 aromatic rings. The van der Waals surface area contributed by atoms with Crippen molar-refractivity contribution in [3.63, 3.8) is 0 Å². The minimum absolute atomic E-state index is 0.0578. The van der Waals surface area contributed by atoms with Crippen molar-refractivity contribution in [2.75, 3.05) is 13.1 Å². The molecule has 1 aliphatic rings. The van der Waals surface area contributed by atoms with Gasteiger partial charge >= 0.3 is 0 Å². The van der Waals surface area contributed by atoms with Crippen LogP contribution in [0.25, 0.3) is 6.08 Å². The molecule has 19 heteroatoms. The van der Waals surface area contributed by atoms with Crippen molar-refractivity contribution in [1.29, 1.82) is 0 Å². The van der Waals surface area contributed by atoms with Crippen LogP contribution in [-0.4, -0.2) is 95.6 Å². The summed E-state index contributed by atoms with van der Waals surface area (Å²) in [6, 6.07) is 3.61. The van der Waals surface area contributed by atoms with Crippen LogP contribution in [-0.2, 0) is 52.8 Å². The van der Waals surface area contributed by atoms with Crippen LogP contribution in [0.15, 0.2) is 47.6 Å². The maximum absolute atomic E-state index is 14.0. The van der Waals surface area contributed by atoms with Crippen LogP contribution in [0.5, 0.6) is 0 Å². The molecule has 3 unspecified atom stereocenters. The van der Waals surface area contributed by atoms with Crippen LogP contribution >= 0.6 is 0 Å². The van der Waals surface area contributed by atoms with Crippen molar-refractivity contribution in [2.24, 2.45) is 33.7 Å².